The fourth-order valence-corrected chi connectivity index (χ4v) is 7.83. The van der Waals surface area contributed by atoms with Crippen molar-refractivity contribution in [1.29, 1.82) is 0 Å². The van der Waals surface area contributed by atoms with Crippen LogP contribution in [0.2, 0.25) is 5.02 Å². The Hall–Kier alpha value is -3.78. The van der Waals surface area contributed by atoms with E-state index in [2.05, 4.69) is 61.1 Å². The maximum atomic E-state index is 12.5. The summed E-state index contributed by atoms with van der Waals surface area (Å²) in [5, 5.41) is 3.67. The minimum Gasteiger partial charge on any atom is -0.494 e. The molecule has 4 heterocycles. The lowest BCUT2D eigenvalue weighted by Crippen LogP contribution is -2.52. The summed E-state index contributed by atoms with van der Waals surface area (Å²) in [6.07, 6.45) is 9.03. The van der Waals surface area contributed by atoms with Crippen molar-refractivity contribution < 1.29 is 13.2 Å². The van der Waals surface area contributed by atoms with Crippen molar-refractivity contribution in [2.45, 2.75) is 38.0 Å². The minimum absolute atomic E-state index is 0.215. The van der Waals surface area contributed by atoms with E-state index < -0.39 is 9.84 Å². The molecule has 6 rings (SSSR count). The number of rotatable bonds is 10. The number of aryl methyl sites for hydroxylation is 1. The van der Waals surface area contributed by atoms with Crippen molar-refractivity contribution in [3.8, 4) is 5.75 Å². The number of ether oxygens (including phenoxy) is 1. The number of piperidine rings is 1. The third kappa shape index (κ3) is 7.44. The van der Waals surface area contributed by atoms with E-state index in [1.807, 2.05) is 12.1 Å². The van der Waals surface area contributed by atoms with Crippen molar-refractivity contribution in [3.63, 3.8) is 0 Å². The molecule has 0 radical (unpaired) electrons. The number of piperazine rings is 1. The molecule has 12 nitrogen and oxygen atoms in total. The summed E-state index contributed by atoms with van der Waals surface area (Å²) in [6.45, 7) is 8.78. The molecule has 2 aliphatic heterocycles. The van der Waals surface area contributed by atoms with Gasteiger partial charge in [0.25, 0.3) is 0 Å². The summed E-state index contributed by atoms with van der Waals surface area (Å²) < 4.78 is 30.8. The molecule has 2 aromatic heterocycles. The second-order valence-corrected chi connectivity index (χ2v) is 15.2. The molecule has 48 heavy (non-hydrogen) atoms. The molecule has 0 atom stereocenters. The van der Waals surface area contributed by atoms with Crippen molar-refractivity contribution in [3.05, 3.63) is 59.0 Å². The highest BCUT2D eigenvalue weighted by Crippen LogP contribution is 2.38. The number of benzene rings is 2. The number of hydrogen-bond acceptors (Lipinski definition) is 12. The smallest absolute Gasteiger partial charge is 0.229 e. The van der Waals surface area contributed by atoms with E-state index >= 15 is 0 Å². The number of fused-ring (bicyclic) bond motifs is 1. The maximum absolute atomic E-state index is 12.5. The first-order chi connectivity index (χ1) is 23.0. The van der Waals surface area contributed by atoms with Gasteiger partial charge in [-0.1, -0.05) is 18.5 Å². The predicted octanol–water partition coefficient (Wildman–Crippen LogP) is 4.92. The normalized spacial score (nSPS) is 16.8. The largest absolute Gasteiger partial charge is 0.494 e. The number of hydrogen-bond donors (Lipinski definition) is 1. The van der Waals surface area contributed by atoms with E-state index in [-0.39, 0.29) is 5.75 Å². The van der Waals surface area contributed by atoms with Crippen LogP contribution in [0.5, 0.6) is 5.75 Å². The summed E-state index contributed by atoms with van der Waals surface area (Å²) in [5.41, 5.74) is 5.40. The van der Waals surface area contributed by atoms with Crippen LogP contribution in [0.15, 0.2) is 42.9 Å². The second kappa shape index (κ2) is 14.4. The lowest BCUT2D eigenvalue weighted by Gasteiger charge is -2.43. The van der Waals surface area contributed by atoms with Gasteiger partial charge in [0.2, 0.25) is 5.95 Å². The van der Waals surface area contributed by atoms with Gasteiger partial charge in [-0.2, -0.15) is 4.98 Å². The number of nitrogens with one attached hydrogen (secondary N) is 1. The van der Waals surface area contributed by atoms with Gasteiger partial charge in [-0.25, -0.2) is 13.4 Å². The first kappa shape index (κ1) is 34.1. The summed E-state index contributed by atoms with van der Waals surface area (Å²) >= 11 is 6.65. The average molecular weight is 694 g/mol. The van der Waals surface area contributed by atoms with Crippen molar-refractivity contribution in [2.75, 3.05) is 81.8 Å². The van der Waals surface area contributed by atoms with Crippen LogP contribution in [0.3, 0.4) is 0 Å². The molecule has 0 amide bonds. The molecule has 0 aliphatic carbocycles. The van der Waals surface area contributed by atoms with Crippen molar-refractivity contribution in [2.24, 2.45) is 0 Å². The fourth-order valence-electron chi connectivity index (χ4n) is 6.81. The molecule has 0 spiro atoms. The number of aromatic nitrogens is 4. The van der Waals surface area contributed by atoms with Gasteiger partial charge in [-0.3, -0.25) is 14.9 Å². The highest BCUT2D eigenvalue weighted by Gasteiger charge is 2.28. The molecule has 256 valence electrons. The van der Waals surface area contributed by atoms with E-state index in [0.717, 1.165) is 64.2 Å². The van der Waals surface area contributed by atoms with Gasteiger partial charge < -0.3 is 24.8 Å². The molecule has 2 fully saturated rings. The number of nitrogens with zero attached hydrogens (tertiary/aromatic N) is 8. The summed E-state index contributed by atoms with van der Waals surface area (Å²) in [5.74, 6) is 1.21. The van der Waals surface area contributed by atoms with E-state index in [4.69, 9.17) is 21.3 Å². The molecule has 2 aromatic carbocycles. The first-order valence-corrected chi connectivity index (χ1v) is 18.8. The van der Waals surface area contributed by atoms with Crippen LogP contribution in [-0.2, 0) is 22.0 Å². The van der Waals surface area contributed by atoms with Crippen LogP contribution in [-0.4, -0.2) is 111 Å². The molecule has 14 heteroatoms. The van der Waals surface area contributed by atoms with Crippen molar-refractivity contribution >= 4 is 61.3 Å². The molecular formula is C34H44ClN9O3S. The van der Waals surface area contributed by atoms with E-state index in [1.54, 1.807) is 31.5 Å². The van der Waals surface area contributed by atoms with E-state index in [0.29, 0.717) is 50.9 Å². The summed E-state index contributed by atoms with van der Waals surface area (Å²) in [7, 11) is 2.27. The second-order valence-electron chi connectivity index (χ2n) is 12.7. The van der Waals surface area contributed by atoms with Crippen molar-refractivity contribution in [1.82, 2.24) is 29.7 Å². The molecule has 1 N–H and O–H groups in total. The maximum Gasteiger partial charge on any atom is 0.229 e. The third-order valence-electron chi connectivity index (χ3n) is 9.42. The van der Waals surface area contributed by atoms with E-state index in [9.17, 15) is 8.42 Å². The Kier molecular flexibility index (Phi) is 10.2. The van der Waals surface area contributed by atoms with Gasteiger partial charge in [-0.05, 0) is 50.1 Å². The minimum atomic E-state index is -3.40. The Morgan fingerprint density at radius 1 is 1.04 bits per heavy atom. The molecule has 2 saturated heterocycles. The van der Waals surface area contributed by atoms with Crippen LogP contribution >= 0.6 is 11.6 Å². The highest BCUT2D eigenvalue weighted by molar-refractivity contribution is 7.89. The van der Waals surface area contributed by atoms with Crippen LogP contribution in [0.25, 0.3) is 11.0 Å². The predicted molar refractivity (Wildman–Crippen MR) is 193 cm³/mol. The number of methoxy groups -OCH3 is 1. The quantitative estimate of drug-likeness (QED) is 0.243. The van der Waals surface area contributed by atoms with Crippen LogP contribution in [0.4, 0.5) is 28.8 Å². The van der Waals surface area contributed by atoms with Gasteiger partial charge in [-0.15, -0.1) is 0 Å². The van der Waals surface area contributed by atoms with Crippen LogP contribution in [0, 0.1) is 0 Å². The van der Waals surface area contributed by atoms with Crippen LogP contribution < -0.4 is 19.9 Å². The zero-order chi connectivity index (χ0) is 34.0. The molecule has 4 aromatic rings. The lowest BCUT2D eigenvalue weighted by molar-refractivity contribution is 0.0982. The van der Waals surface area contributed by atoms with E-state index in [1.165, 1.54) is 23.7 Å². The molecule has 0 unspecified atom stereocenters. The highest BCUT2D eigenvalue weighted by atomic mass is 35.5. The number of halogens is 1. The Balaban J connectivity index is 1.25. The summed E-state index contributed by atoms with van der Waals surface area (Å²) in [4.78, 5) is 27.4. The van der Waals surface area contributed by atoms with Crippen LogP contribution in [0.1, 0.15) is 30.9 Å². The van der Waals surface area contributed by atoms with Gasteiger partial charge in [0.05, 0.1) is 35.8 Å². The lowest BCUT2D eigenvalue weighted by atomic mass is 9.99. The molecular weight excluding hydrogens is 650 g/mol. The van der Waals surface area contributed by atoms with Gasteiger partial charge in [0.1, 0.15) is 10.8 Å². The average Bonchev–Trinajstić information content (AvgIpc) is 3.08. The third-order valence-corrected chi connectivity index (χ3v) is 10.5. The Labute approximate surface area is 288 Å². The Bertz CT molecular complexity index is 1880. The zero-order valence-corrected chi connectivity index (χ0v) is 29.9. The Morgan fingerprint density at radius 3 is 2.46 bits per heavy atom. The molecule has 0 bridgehead atoms. The molecule has 0 saturated carbocycles. The monoisotopic (exact) mass is 693 g/mol. The number of sulfone groups is 1. The number of likely N-dealkylation sites (N-methyl/N-ethyl adjacent to an activating group) is 1. The number of anilines is 5. The first-order valence-electron chi connectivity index (χ1n) is 16.4. The SMILES string of the molecule is CCc1cc(Nc2ncc(Cl)c(N(C)c3ccc4nccnc4c3CS(C)(=O)=O)n2)c(OC)cc1N1CCC(N2CCN(C)CC2)CC1. The zero-order valence-electron chi connectivity index (χ0n) is 28.3. The standard InChI is InChI=1S/C34H44ClN9O3S/c1-6-23-19-28(31(47-4)20-30(23)44-13-9-24(10-14-44)43-17-15-41(2)16-18-43)39-34-38-21-26(35)33(40-34)42(3)29-8-7-27-32(37-12-11-36-27)25(29)22-48(5,45)46/h7-8,11-12,19-21,24H,6,9-10,13-18,22H2,1-5H3,(H,38,39,40). The van der Waals surface area contributed by atoms with Gasteiger partial charge in [0.15, 0.2) is 15.7 Å². The summed E-state index contributed by atoms with van der Waals surface area (Å²) in [6, 6.07) is 8.50. The van der Waals surface area contributed by atoms with Gasteiger partial charge in [0, 0.05) is 94.0 Å². The van der Waals surface area contributed by atoms with Gasteiger partial charge >= 0.3 is 0 Å². The fraction of sp³-hybridized carbons (Fsp3) is 0.471. The topological polar surface area (TPSA) is 120 Å². The molecule has 2 aliphatic rings. The Morgan fingerprint density at radius 2 is 1.77 bits per heavy atom.